The van der Waals surface area contributed by atoms with Gasteiger partial charge < -0.3 is 4.52 Å². The molecule has 0 amide bonds. The Labute approximate surface area is 162 Å². The number of benzene rings is 1. The van der Waals surface area contributed by atoms with E-state index < -0.39 is 26.7 Å². The summed E-state index contributed by atoms with van der Waals surface area (Å²) >= 11 is 0. The molecule has 154 valence electrons. The molecule has 1 saturated heterocycles. The number of hydrogen-bond donors (Lipinski definition) is 0. The molecule has 28 heavy (non-hydrogen) atoms. The van der Waals surface area contributed by atoms with Crippen LogP contribution < -0.4 is 0 Å². The third-order valence-corrected chi connectivity index (χ3v) is 6.88. The SMILES string of the molecule is Cc1noc(C)c1CN1CCCN(S(=O)(=O)c2ccccc2C(F)(F)F)CC1. The molecule has 10 heteroatoms. The highest BCUT2D eigenvalue weighted by Gasteiger charge is 2.39. The third-order valence-electron chi connectivity index (χ3n) is 4.92. The maximum absolute atomic E-state index is 13.3. The van der Waals surface area contributed by atoms with E-state index in [0.29, 0.717) is 31.8 Å². The molecule has 1 aromatic heterocycles. The second kappa shape index (κ2) is 7.84. The minimum atomic E-state index is -4.73. The zero-order valence-corrected chi connectivity index (χ0v) is 16.5. The van der Waals surface area contributed by atoms with Gasteiger partial charge >= 0.3 is 6.18 Å². The molecule has 0 aliphatic carbocycles. The van der Waals surface area contributed by atoms with Crippen LogP contribution in [0.1, 0.15) is 29.0 Å². The molecule has 0 unspecified atom stereocenters. The first-order valence-electron chi connectivity index (χ1n) is 8.91. The van der Waals surface area contributed by atoms with Crippen LogP contribution in [-0.2, 0) is 22.7 Å². The second-order valence-corrected chi connectivity index (χ2v) is 8.74. The molecule has 1 fully saturated rings. The van der Waals surface area contributed by atoms with Crippen LogP contribution in [0.2, 0.25) is 0 Å². The molecule has 3 rings (SSSR count). The van der Waals surface area contributed by atoms with Gasteiger partial charge in [0, 0.05) is 31.7 Å². The van der Waals surface area contributed by atoms with Crippen molar-refractivity contribution < 1.29 is 26.1 Å². The summed E-state index contributed by atoms with van der Waals surface area (Å²) in [6.07, 6.45) is -4.21. The monoisotopic (exact) mass is 417 g/mol. The first-order valence-corrected chi connectivity index (χ1v) is 10.3. The fourth-order valence-corrected chi connectivity index (χ4v) is 5.04. The minimum Gasteiger partial charge on any atom is -0.361 e. The standard InChI is InChI=1S/C18H22F3N3O3S/c1-13-15(14(2)27-22-13)12-23-8-5-9-24(11-10-23)28(25,26)17-7-4-3-6-16(17)18(19,20)21/h3-4,6-7H,5,8-12H2,1-2H3. The average Bonchev–Trinajstić information content (AvgIpc) is 2.84. The number of aryl methyl sites for hydroxylation is 2. The van der Waals surface area contributed by atoms with Crippen molar-refractivity contribution in [2.24, 2.45) is 0 Å². The van der Waals surface area contributed by atoms with Gasteiger partial charge in [-0.05, 0) is 38.9 Å². The predicted octanol–water partition coefficient (Wildman–Crippen LogP) is 3.21. The van der Waals surface area contributed by atoms with Gasteiger partial charge in [-0.3, -0.25) is 4.90 Å². The summed E-state index contributed by atoms with van der Waals surface area (Å²) in [4.78, 5) is 1.37. The summed E-state index contributed by atoms with van der Waals surface area (Å²) < 4.78 is 72.0. The molecule has 1 aliphatic heterocycles. The number of rotatable bonds is 4. The zero-order chi connectivity index (χ0) is 20.5. The van der Waals surface area contributed by atoms with Crippen LogP contribution in [0.4, 0.5) is 13.2 Å². The molecule has 1 aromatic carbocycles. The van der Waals surface area contributed by atoms with Gasteiger partial charge in [0.1, 0.15) is 5.76 Å². The van der Waals surface area contributed by atoms with Gasteiger partial charge in [0.25, 0.3) is 0 Å². The second-order valence-electron chi connectivity index (χ2n) is 6.83. The number of nitrogens with zero attached hydrogens (tertiary/aromatic N) is 3. The Hall–Kier alpha value is -1.91. The summed E-state index contributed by atoms with van der Waals surface area (Å²) in [5, 5.41) is 3.92. The predicted molar refractivity (Wildman–Crippen MR) is 96.1 cm³/mol. The number of sulfonamides is 1. The van der Waals surface area contributed by atoms with E-state index in [1.165, 1.54) is 12.1 Å². The van der Waals surface area contributed by atoms with Gasteiger partial charge in [0.15, 0.2) is 0 Å². The Balaban J connectivity index is 1.79. The lowest BCUT2D eigenvalue weighted by Crippen LogP contribution is -2.36. The van der Waals surface area contributed by atoms with E-state index in [2.05, 4.69) is 10.1 Å². The normalized spacial score (nSPS) is 17.6. The molecule has 0 bridgehead atoms. The van der Waals surface area contributed by atoms with Crippen molar-refractivity contribution in [1.82, 2.24) is 14.4 Å². The van der Waals surface area contributed by atoms with E-state index in [0.717, 1.165) is 27.7 Å². The van der Waals surface area contributed by atoms with E-state index in [9.17, 15) is 21.6 Å². The topological polar surface area (TPSA) is 66.7 Å². The summed E-state index contributed by atoms with van der Waals surface area (Å²) in [5.74, 6) is 0.713. The molecule has 1 aliphatic rings. The smallest absolute Gasteiger partial charge is 0.361 e. The van der Waals surface area contributed by atoms with E-state index >= 15 is 0 Å². The highest BCUT2D eigenvalue weighted by atomic mass is 32.2. The molecule has 6 nitrogen and oxygen atoms in total. The highest BCUT2D eigenvalue weighted by molar-refractivity contribution is 7.89. The average molecular weight is 417 g/mol. The van der Waals surface area contributed by atoms with Crippen molar-refractivity contribution in [2.75, 3.05) is 26.2 Å². The largest absolute Gasteiger partial charge is 0.417 e. The molecule has 2 heterocycles. The fraction of sp³-hybridized carbons (Fsp3) is 0.500. The van der Waals surface area contributed by atoms with Crippen molar-refractivity contribution in [3.8, 4) is 0 Å². The Morgan fingerprint density at radius 2 is 1.82 bits per heavy atom. The minimum absolute atomic E-state index is 0.123. The molecule has 0 radical (unpaired) electrons. The van der Waals surface area contributed by atoms with E-state index in [-0.39, 0.29) is 13.1 Å². The van der Waals surface area contributed by atoms with E-state index in [1.54, 1.807) is 0 Å². The van der Waals surface area contributed by atoms with Crippen molar-refractivity contribution in [3.63, 3.8) is 0 Å². The van der Waals surface area contributed by atoms with Gasteiger partial charge in [0.05, 0.1) is 16.2 Å². The lowest BCUT2D eigenvalue weighted by atomic mass is 10.2. The third kappa shape index (κ3) is 4.23. The lowest BCUT2D eigenvalue weighted by molar-refractivity contribution is -0.139. The molecular weight excluding hydrogens is 395 g/mol. The van der Waals surface area contributed by atoms with Crippen LogP contribution in [0.3, 0.4) is 0 Å². The molecule has 0 atom stereocenters. The fourth-order valence-electron chi connectivity index (χ4n) is 3.36. The van der Waals surface area contributed by atoms with Crippen LogP contribution in [0.25, 0.3) is 0 Å². The molecule has 0 spiro atoms. The Morgan fingerprint density at radius 1 is 1.11 bits per heavy atom. The first kappa shape index (κ1) is 20.8. The van der Waals surface area contributed by atoms with Crippen molar-refractivity contribution >= 4 is 10.0 Å². The van der Waals surface area contributed by atoms with E-state index in [4.69, 9.17) is 4.52 Å². The van der Waals surface area contributed by atoms with Gasteiger partial charge in [-0.1, -0.05) is 17.3 Å². The number of halogens is 3. The maximum atomic E-state index is 13.3. The van der Waals surface area contributed by atoms with Crippen LogP contribution in [0.5, 0.6) is 0 Å². The van der Waals surface area contributed by atoms with Crippen LogP contribution in [-0.4, -0.2) is 49.0 Å². The van der Waals surface area contributed by atoms with E-state index in [1.807, 2.05) is 13.8 Å². The Kier molecular flexibility index (Phi) is 5.83. The Morgan fingerprint density at radius 3 is 2.46 bits per heavy atom. The van der Waals surface area contributed by atoms with Crippen LogP contribution in [0, 0.1) is 13.8 Å². The summed E-state index contributed by atoms with van der Waals surface area (Å²) in [7, 11) is -4.25. The van der Waals surface area contributed by atoms with Crippen molar-refractivity contribution in [3.05, 3.63) is 46.8 Å². The number of alkyl halides is 3. The molecule has 0 saturated carbocycles. The van der Waals surface area contributed by atoms with Crippen LogP contribution >= 0.6 is 0 Å². The van der Waals surface area contributed by atoms with Gasteiger partial charge in [-0.2, -0.15) is 17.5 Å². The van der Waals surface area contributed by atoms with Crippen LogP contribution in [0.15, 0.2) is 33.7 Å². The summed E-state index contributed by atoms with van der Waals surface area (Å²) in [6, 6.07) is 4.32. The van der Waals surface area contributed by atoms with Gasteiger partial charge in [0.2, 0.25) is 10.0 Å². The quantitative estimate of drug-likeness (QED) is 0.764. The summed E-state index contributed by atoms with van der Waals surface area (Å²) in [5.41, 5.74) is 0.607. The highest BCUT2D eigenvalue weighted by Crippen LogP contribution is 2.35. The maximum Gasteiger partial charge on any atom is 0.417 e. The molecule has 2 aromatic rings. The molecular formula is C18H22F3N3O3S. The Bertz CT molecular complexity index is 922. The first-order chi connectivity index (χ1) is 13.1. The molecule has 0 N–H and O–H groups in total. The van der Waals surface area contributed by atoms with Crippen molar-refractivity contribution in [1.29, 1.82) is 0 Å². The number of hydrogen-bond acceptors (Lipinski definition) is 5. The van der Waals surface area contributed by atoms with Gasteiger partial charge in [-0.25, -0.2) is 8.42 Å². The zero-order valence-electron chi connectivity index (χ0n) is 15.7. The lowest BCUT2D eigenvalue weighted by Gasteiger charge is -2.23. The van der Waals surface area contributed by atoms with Crippen molar-refractivity contribution in [2.45, 2.75) is 37.9 Å². The van der Waals surface area contributed by atoms with Gasteiger partial charge in [-0.15, -0.1) is 0 Å². The number of aromatic nitrogens is 1. The summed E-state index contributed by atoms with van der Waals surface area (Å²) in [6.45, 7) is 5.57.